The van der Waals surface area contributed by atoms with E-state index in [0.29, 0.717) is 31.6 Å². The van der Waals surface area contributed by atoms with E-state index < -0.39 is 97.5 Å². The quantitative estimate of drug-likeness (QED) is 0.0222. The molecule has 0 saturated carbocycles. The first-order valence-corrected chi connectivity index (χ1v) is 40.0. The van der Waals surface area contributed by atoms with Crippen LogP contribution in [-0.2, 0) is 65.4 Å². The fourth-order valence-electron chi connectivity index (χ4n) is 10.7. The standard InChI is InChI=1S/C71H138O17P2/c1-7-10-12-14-16-18-20-21-22-23-24-25-27-29-37-44-50-56-71(76)87-66(59-81-68(73)53-47-41-35-31-30-34-40-46-52-64(6)9-3)61-85-89(77,78)83-57-65(72)58-84-90(79,80)86-62-67(60-82-69(74)54-48-42-38-32-33-39-45-51-63(4)5)88-70(75)55-49-43-36-28-26-19-17-15-13-11-8-2/h63-67,72H,7-62H2,1-6H3,(H,77,78)(H,79,80)/t64?,65-,66-,67-/m1/s1. The van der Waals surface area contributed by atoms with E-state index in [4.69, 9.17) is 37.0 Å². The molecule has 3 unspecified atom stereocenters. The maximum atomic E-state index is 13.0. The molecule has 3 N–H and O–H groups in total. The van der Waals surface area contributed by atoms with Crippen LogP contribution in [0, 0.1) is 11.8 Å². The predicted molar refractivity (Wildman–Crippen MR) is 363 cm³/mol. The number of esters is 4. The van der Waals surface area contributed by atoms with Crippen molar-refractivity contribution < 1.29 is 80.2 Å². The first-order valence-electron chi connectivity index (χ1n) is 37.0. The average molecular weight is 1330 g/mol. The molecule has 90 heavy (non-hydrogen) atoms. The lowest BCUT2D eigenvalue weighted by atomic mass is 9.99. The van der Waals surface area contributed by atoms with Crippen molar-refractivity contribution in [2.24, 2.45) is 11.8 Å². The highest BCUT2D eigenvalue weighted by Crippen LogP contribution is 2.45. The zero-order chi connectivity index (χ0) is 66.5. The summed E-state index contributed by atoms with van der Waals surface area (Å²) in [6.07, 6.45) is 48.5. The van der Waals surface area contributed by atoms with E-state index in [-0.39, 0.29) is 25.7 Å². The molecule has 17 nitrogen and oxygen atoms in total. The van der Waals surface area contributed by atoms with Crippen molar-refractivity contribution >= 4 is 39.5 Å². The summed E-state index contributed by atoms with van der Waals surface area (Å²) in [6, 6.07) is 0. The van der Waals surface area contributed by atoms with Crippen molar-refractivity contribution in [2.75, 3.05) is 39.6 Å². The molecule has 0 radical (unpaired) electrons. The third-order valence-corrected chi connectivity index (χ3v) is 18.7. The van der Waals surface area contributed by atoms with Gasteiger partial charge in [0.2, 0.25) is 0 Å². The summed E-state index contributed by atoms with van der Waals surface area (Å²) in [5.41, 5.74) is 0. The summed E-state index contributed by atoms with van der Waals surface area (Å²) < 4.78 is 68.3. The van der Waals surface area contributed by atoms with E-state index in [9.17, 15) is 43.2 Å². The SMILES string of the molecule is CCCCCCCCCCCCCCCCCCCC(=O)O[C@H](COC(=O)CCCCCCCCCCC(C)CC)COP(=O)(O)OC[C@@H](O)COP(=O)(O)OC[C@@H](COC(=O)CCCCCCCCCC(C)C)OC(=O)CCCCCCCCCCCCC. The first kappa shape index (κ1) is 88.1. The maximum absolute atomic E-state index is 13.0. The molecule has 0 aromatic rings. The number of phosphoric acid groups is 2. The van der Waals surface area contributed by atoms with Crippen LogP contribution in [0.25, 0.3) is 0 Å². The minimum atomic E-state index is -4.95. The normalized spacial score (nSPS) is 14.4. The Hall–Kier alpha value is -1.94. The molecule has 0 amide bonds. The third kappa shape index (κ3) is 63.5. The molecular formula is C71H138O17P2. The van der Waals surface area contributed by atoms with E-state index in [2.05, 4.69) is 41.5 Å². The van der Waals surface area contributed by atoms with Crippen molar-refractivity contribution in [3.05, 3.63) is 0 Å². The Bertz CT molecular complexity index is 1750. The van der Waals surface area contributed by atoms with E-state index >= 15 is 0 Å². The van der Waals surface area contributed by atoms with Crippen molar-refractivity contribution in [1.29, 1.82) is 0 Å². The number of ether oxygens (including phenoxy) is 4. The first-order chi connectivity index (χ1) is 43.4. The largest absolute Gasteiger partial charge is 0.472 e. The minimum absolute atomic E-state index is 0.106. The fraction of sp³-hybridized carbons (Fsp3) is 0.944. The summed E-state index contributed by atoms with van der Waals surface area (Å²) in [5, 5.41) is 10.6. The Morgan fingerprint density at radius 1 is 0.322 bits per heavy atom. The summed E-state index contributed by atoms with van der Waals surface area (Å²) in [7, 11) is -9.90. The third-order valence-electron chi connectivity index (χ3n) is 16.8. The Morgan fingerprint density at radius 2 is 0.567 bits per heavy atom. The molecule has 6 atom stereocenters. The van der Waals surface area contributed by atoms with Crippen molar-refractivity contribution in [3.8, 4) is 0 Å². The second-order valence-electron chi connectivity index (χ2n) is 26.3. The van der Waals surface area contributed by atoms with Crippen molar-refractivity contribution in [2.45, 2.75) is 381 Å². The molecule has 19 heteroatoms. The highest BCUT2D eigenvalue weighted by Gasteiger charge is 2.30. The lowest BCUT2D eigenvalue weighted by molar-refractivity contribution is -0.161. The average Bonchev–Trinajstić information content (AvgIpc) is 3.00. The molecule has 0 aliphatic heterocycles. The molecule has 0 heterocycles. The van der Waals surface area contributed by atoms with E-state index in [1.165, 1.54) is 173 Å². The van der Waals surface area contributed by atoms with Gasteiger partial charge in [0.1, 0.15) is 19.3 Å². The number of carbonyl (C=O) groups excluding carboxylic acids is 4. The Balaban J connectivity index is 5.24. The molecule has 0 spiro atoms. The van der Waals surface area contributed by atoms with Gasteiger partial charge in [-0.25, -0.2) is 9.13 Å². The van der Waals surface area contributed by atoms with Gasteiger partial charge in [0.25, 0.3) is 0 Å². The summed E-state index contributed by atoms with van der Waals surface area (Å²) in [6.45, 7) is 9.50. The minimum Gasteiger partial charge on any atom is -0.462 e. The second-order valence-corrected chi connectivity index (χ2v) is 29.3. The van der Waals surface area contributed by atoms with Gasteiger partial charge < -0.3 is 33.8 Å². The molecule has 0 aliphatic rings. The fourth-order valence-corrected chi connectivity index (χ4v) is 12.3. The number of aliphatic hydroxyl groups is 1. The van der Waals surface area contributed by atoms with Crippen molar-refractivity contribution in [3.63, 3.8) is 0 Å². The van der Waals surface area contributed by atoms with Crippen LogP contribution in [0.1, 0.15) is 363 Å². The summed E-state index contributed by atoms with van der Waals surface area (Å²) in [5.74, 6) is -0.640. The Kier molecular flexibility index (Phi) is 61.8. The Morgan fingerprint density at radius 3 is 0.844 bits per heavy atom. The number of phosphoric ester groups is 2. The molecule has 0 saturated heterocycles. The number of hydrogen-bond acceptors (Lipinski definition) is 15. The number of aliphatic hydroxyl groups excluding tert-OH is 1. The molecule has 0 fully saturated rings. The molecule has 0 aliphatic carbocycles. The maximum Gasteiger partial charge on any atom is 0.472 e. The smallest absolute Gasteiger partial charge is 0.462 e. The monoisotopic (exact) mass is 1320 g/mol. The van der Waals surface area contributed by atoms with Crippen LogP contribution >= 0.6 is 15.6 Å². The van der Waals surface area contributed by atoms with Crippen LogP contribution in [0.5, 0.6) is 0 Å². The summed E-state index contributed by atoms with van der Waals surface area (Å²) in [4.78, 5) is 72.6. The van der Waals surface area contributed by atoms with Gasteiger partial charge in [-0.15, -0.1) is 0 Å². The van der Waals surface area contributed by atoms with Crippen molar-refractivity contribution in [1.82, 2.24) is 0 Å². The van der Waals surface area contributed by atoms with Gasteiger partial charge in [0.05, 0.1) is 26.4 Å². The van der Waals surface area contributed by atoms with E-state index in [0.717, 1.165) is 102 Å². The molecule has 0 aromatic heterocycles. The van der Waals surface area contributed by atoms with Gasteiger partial charge in [-0.2, -0.15) is 0 Å². The van der Waals surface area contributed by atoms with E-state index in [1.54, 1.807) is 0 Å². The number of rotatable bonds is 70. The van der Waals surface area contributed by atoms with Gasteiger partial charge in [0.15, 0.2) is 12.2 Å². The van der Waals surface area contributed by atoms with Gasteiger partial charge in [-0.3, -0.25) is 37.3 Å². The zero-order valence-electron chi connectivity index (χ0n) is 58.4. The Labute approximate surface area is 549 Å². The number of carbonyl (C=O) groups is 4. The molecular weight excluding hydrogens is 1190 g/mol. The zero-order valence-corrected chi connectivity index (χ0v) is 60.2. The number of hydrogen-bond donors (Lipinski definition) is 3. The topological polar surface area (TPSA) is 237 Å². The second kappa shape index (κ2) is 63.1. The van der Waals surface area contributed by atoms with Crippen LogP contribution in [0.4, 0.5) is 0 Å². The number of unbranched alkanes of at least 4 members (excludes halogenated alkanes) is 39. The molecule has 534 valence electrons. The van der Waals surface area contributed by atoms with Gasteiger partial charge in [0, 0.05) is 25.7 Å². The van der Waals surface area contributed by atoms with Gasteiger partial charge >= 0.3 is 39.5 Å². The van der Waals surface area contributed by atoms with Gasteiger partial charge in [-0.05, 0) is 37.5 Å². The van der Waals surface area contributed by atoms with Crippen LogP contribution in [0.2, 0.25) is 0 Å². The van der Waals surface area contributed by atoms with Crippen LogP contribution in [0.3, 0.4) is 0 Å². The highest BCUT2D eigenvalue weighted by molar-refractivity contribution is 7.47. The lowest BCUT2D eigenvalue weighted by Crippen LogP contribution is -2.30. The molecule has 0 bridgehead atoms. The molecule has 0 aromatic carbocycles. The van der Waals surface area contributed by atoms with Crippen LogP contribution in [-0.4, -0.2) is 96.7 Å². The van der Waals surface area contributed by atoms with Crippen LogP contribution < -0.4 is 0 Å². The summed E-state index contributed by atoms with van der Waals surface area (Å²) >= 11 is 0. The van der Waals surface area contributed by atoms with Crippen LogP contribution in [0.15, 0.2) is 0 Å². The van der Waals surface area contributed by atoms with E-state index in [1.807, 2.05) is 0 Å². The highest BCUT2D eigenvalue weighted by atomic mass is 31.2. The van der Waals surface area contributed by atoms with Gasteiger partial charge in [-0.1, -0.05) is 311 Å². The lowest BCUT2D eigenvalue weighted by Gasteiger charge is -2.21. The molecule has 0 rings (SSSR count). The predicted octanol–water partition coefficient (Wildman–Crippen LogP) is 20.4.